The number of benzene rings is 4. The van der Waals surface area contributed by atoms with Gasteiger partial charge in [0.25, 0.3) is 5.97 Å². The van der Waals surface area contributed by atoms with E-state index < -0.39 is 42.7 Å². The lowest BCUT2D eigenvalue weighted by Crippen LogP contribution is -2.13. The summed E-state index contributed by atoms with van der Waals surface area (Å²) in [6.07, 6.45) is 5.99. The molecule has 0 heterocycles. The van der Waals surface area contributed by atoms with Crippen molar-refractivity contribution in [3.05, 3.63) is 168 Å². The molecule has 0 bridgehead atoms. The van der Waals surface area contributed by atoms with E-state index in [1.807, 2.05) is 97.1 Å². The number of hydrogen-bond acceptors (Lipinski definition) is 9. The highest BCUT2D eigenvalue weighted by Crippen LogP contribution is 2.10. The van der Waals surface area contributed by atoms with Crippen LogP contribution in [0.4, 0.5) is 0 Å². The van der Waals surface area contributed by atoms with Crippen molar-refractivity contribution >= 4 is 54.2 Å². The van der Waals surface area contributed by atoms with Crippen molar-refractivity contribution in [3.63, 3.8) is 0 Å². The molecule has 11 nitrogen and oxygen atoms in total. The second-order valence-corrected chi connectivity index (χ2v) is 10.7. The molecule has 0 aliphatic rings. The van der Waals surface area contributed by atoms with Crippen LogP contribution in [-0.2, 0) is 58.0 Å². The maximum absolute atomic E-state index is 11.7. The molecule has 4 rings (SSSR count). The van der Waals surface area contributed by atoms with Crippen LogP contribution in [0.1, 0.15) is 58.7 Å². The molecule has 0 aromatic heterocycles. The Morgan fingerprint density at radius 2 is 0.727 bits per heavy atom. The highest BCUT2D eigenvalue weighted by atomic mass is 16.6. The summed E-state index contributed by atoms with van der Waals surface area (Å²) in [5.74, 6) is -3.98. The minimum Gasteiger partial charge on any atom is -0.481 e. The Hall–Kier alpha value is -6.85. The zero-order chi connectivity index (χ0) is 41.4. The SMILES string of the molecule is C=Cc1ccc(COC(=O)CC(=O)O)cc1.C=Cc1ccc(COC(=O)CC(=O)OCc2ccc(C=C)cc2)cc1.C=Cc1ccccc1.CC(=O)O.CO. The predicted molar refractivity (Wildman–Crippen MR) is 214 cm³/mol. The summed E-state index contributed by atoms with van der Waals surface area (Å²) < 4.78 is 14.9. The van der Waals surface area contributed by atoms with E-state index in [0.717, 1.165) is 47.4 Å². The number of aliphatic hydroxyl groups is 1. The number of rotatable bonds is 14. The van der Waals surface area contributed by atoms with E-state index in [9.17, 15) is 19.2 Å². The Labute approximate surface area is 322 Å². The van der Waals surface area contributed by atoms with Gasteiger partial charge in [-0.3, -0.25) is 24.0 Å². The lowest BCUT2D eigenvalue weighted by molar-refractivity contribution is -0.156. The van der Waals surface area contributed by atoms with E-state index in [2.05, 4.69) is 26.3 Å². The molecule has 0 radical (unpaired) electrons. The second-order valence-electron chi connectivity index (χ2n) is 10.7. The number of aliphatic hydroxyl groups excluding tert-OH is 1. The number of esters is 3. The van der Waals surface area contributed by atoms with Crippen molar-refractivity contribution in [2.24, 2.45) is 0 Å². The van der Waals surface area contributed by atoms with E-state index in [1.54, 1.807) is 30.4 Å². The van der Waals surface area contributed by atoms with Gasteiger partial charge in [-0.15, -0.1) is 0 Å². The van der Waals surface area contributed by atoms with Crippen LogP contribution in [0.15, 0.2) is 129 Å². The van der Waals surface area contributed by atoms with Gasteiger partial charge < -0.3 is 29.5 Å². The fourth-order valence-corrected chi connectivity index (χ4v) is 3.72. The van der Waals surface area contributed by atoms with Crippen LogP contribution in [0.2, 0.25) is 0 Å². The molecular weight excluding hydrogens is 704 g/mol. The largest absolute Gasteiger partial charge is 0.481 e. The van der Waals surface area contributed by atoms with Gasteiger partial charge in [-0.05, 0) is 38.9 Å². The summed E-state index contributed by atoms with van der Waals surface area (Å²) in [7, 11) is 1.00. The normalized spacial score (nSPS) is 9.07. The second kappa shape index (κ2) is 29.7. The zero-order valence-electron chi connectivity index (χ0n) is 31.1. The van der Waals surface area contributed by atoms with Crippen LogP contribution in [0, 0.1) is 0 Å². The van der Waals surface area contributed by atoms with Gasteiger partial charge in [0.1, 0.15) is 32.7 Å². The third-order valence-corrected chi connectivity index (χ3v) is 6.47. The van der Waals surface area contributed by atoms with Gasteiger partial charge in [-0.2, -0.15) is 0 Å². The highest BCUT2D eigenvalue weighted by Gasteiger charge is 2.13. The first-order valence-electron chi connectivity index (χ1n) is 16.5. The summed E-state index contributed by atoms with van der Waals surface area (Å²) in [6.45, 7) is 16.0. The van der Waals surface area contributed by atoms with Crippen molar-refractivity contribution < 1.29 is 53.5 Å². The van der Waals surface area contributed by atoms with Crippen molar-refractivity contribution in [1.29, 1.82) is 0 Å². The van der Waals surface area contributed by atoms with Gasteiger partial charge in [-0.25, -0.2) is 0 Å². The first-order chi connectivity index (χ1) is 26.4. The summed E-state index contributed by atoms with van der Waals surface area (Å²) >= 11 is 0. The van der Waals surface area contributed by atoms with Gasteiger partial charge in [-0.1, -0.05) is 154 Å². The number of carboxylic acids is 2. The number of hydrogen-bond donors (Lipinski definition) is 3. The molecule has 55 heavy (non-hydrogen) atoms. The number of carbonyl (C=O) groups excluding carboxylic acids is 3. The van der Waals surface area contributed by atoms with Gasteiger partial charge in [0, 0.05) is 14.0 Å². The van der Waals surface area contributed by atoms with Crippen molar-refractivity contribution in [3.8, 4) is 0 Å². The smallest absolute Gasteiger partial charge is 0.317 e. The van der Waals surface area contributed by atoms with E-state index in [0.29, 0.717) is 0 Å². The van der Waals surface area contributed by atoms with Crippen molar-refractivity contribution in [2.75, 3.05) is 7.11 Å². The lowest BCUT2D eigenvalue weighted by Gasteiger charge is -2.07. The Morgan fingerprint density at radius 1 is 0.473 bits per heavy atom. The third kappa shape index (κ3) is 24.9. The molecule has 0 unspecified atom stereocenters. The average molecular weight is 753 g/mol. The molecule has 4 aromatic carbocycles. The van der Waals surface area contributed by atoms with E-state index >= 15 is 0 Å². The number of carbonyl (C=O) groups is 5. The minimum absolute atomic E-state index is 0.0868. The quantitative estimate of drug-likeness (QED) is 0.0646. The van der Waals surface area contributed by atoms with Gasteiger partial charge in [0.05, 0.1) is 0 Å². The Kier molecular flexibility index (Phi) is 26.0. The first-order valence-corrected chi connectivity index (χ1v) is 16.5. The molecule has 0 aliphatic heterocycles. The minimum atomic E-state index is -1.19. The fourth-order valence-electron chi connectivity index (χ4n) is 3.72. The van der Waals surface area contributed by atoms with E-state index in [1.165, 1.54) is 5.56 Å². The Morgan fingerprint density at radius 3 is 0.964 bits per heavy atom. The monoisotopic (exact) mass is 752 g/mol. The molecule has 0 saturated heterocycles. The summed E-state index contributed by atoms with van der Waals surface area (Å²) in [5, 5.41) is 22.8. The summed E-state index contributed by atoms with van der Waals surface area (Å²) in [6, 6.07) is 32.2. The summed E-state index contributed by atoms with van der Waals surface area (Å²) in [5.41, 5.74) is 6.61. The van der Waals surface area contributed by atoms with Crippen LogP contribution in [0.25, 0.3) is 24.3 Å². The third-order valence-electron chi connectivity index (χ3n) is 6.47. The van der Waals surface area contributed by atoms with E-state index in [-0.39, 0.29) is 19.8 Å². The van der Waals surface area contributed by atoms with Crippen LogP contribution < -0.4 is 0 Å². The zero-order valence-corrected chi connectivity index (χ0v) is 31.1. The van der Waals surface area contributed by atoms with Gasteiger partial charge in [0.2, 0.25) is 0 Å². The summed E-state index contributed by atoms with van der Waals surface area (Å²) in [4.78, 5) is 53.5. The van der Waals surface area contributed by atoms with Crippen LogP contribution in [-0.4, -0.2) is 52.3 Å². The molecule has 0 saturated carbocycles. The number of aliphatic carboxylic acids is 2. The molecule has 3 N–H and O–H groups in total. The Balaban J connectivity index is 0.000000823. The van der Waals surface area contributed by atoms with Crippen molar-refractivity contribution in [1.82, 2.24) is 0 Å². The topological polar surface area (TPSA) is 174 Å². The van der Waals surface area contributed by atoms with Gasteiger partial charge >= 0.3 is 23.9 Å². The standard InChI is InChI=1S/C21H20O4.C12H12O4.C8H8.C2H4O2.CH4O/c1-3-16-5-9-18(10-6-16)14-24-20(22)13-21(23)25-15-19-11-7-17(4-2)8-12-19;1-2-9-3-5-10(6-4-9)8-16-12(15)7-11(13)14;1-2-8-6-4-3-5-7-8;1-2(3)4;1-2/h3-12H,1-2,13-15H2;2-6H,1,7-8H2,(H,13,14);2-7H,1H2;1H3,(H,3,4);2H,1H3. The maximum atomic E-state index is 11.7. The van der Waals surface area contributed by atoms with Crippen molar-refractivity contribution in [2.45, 2.75) is 39.6 Å². The number of carboxylic acid groups (broad SMARTS) is 2. The molecule has 0 spiro atoms. The molecule has 0 amide bonds. The van der Waals surface area contributed by atoms with Gasteiger partial charge in [0.15, 0.2) is 0 Å². The molecule has 0 fully saturated rings. The van der Waals surface area contributed by atoms with E-state index in [4.69, 9.17) is 34.3 Å². The molecular formula is C44H48O11. The molecule has 0 atom stereocenters. The van der Waals surface area contributed by atoms with Crippen LogP contribution in [0.5, 0.6) is 0 Å². The maximum Gasteiger partial charge on any atom is 0.317 e. The van der Waals surface area contributed by atoms with Crippen LogP contribution >= 0.6 is 0 Å². The first kappa shape index (κ1) is 48.2. The molecule has 290 valence electrons. The lowest BCUT2D eigenvalue weighted by atomic mass is 10.1. The van der Waals surface area contributed by atoms with Crippen LogP contribution in [0.3, 0.4) is 0 Å². The molecule has 0 aliphatic carbocycles. The fraction of sp³-hybridized carbons (Fsp3) is 0.159. The molecule has 11 heteroatoms. The average Bonchev–Trinajstić information content (AvgIpc) is 3.20. The number of ether oxygens (including phenoxy) is 3. The molecule has 4 aromatic rings. The predicted octanol–water partition coefficient (Wildman–Crippen LogP) is 8.03. The Bertz CT molecular complexity index is 1710. The highest BCUT2D eigenvalue weighted by molar-refractivity contribution is 5.91.